The van der Waals surface area contributed by atoms with Crippen molar-refractivity contribution < 1.29 is 4.79 Å². The molecule has 1 aliphatic rings. The third-order valence-electron chi connectivity index (χ3n) is 4.41. The molecule has 4 nitrogen and oxygen atoms in total. The van der Waals surface area contributed by atoms with Crippen molar-refractivity contribution in [2.75, 3.05) is 11.9 Å². The van der Waals surface area contributed by atoms with Crippen LogP contribution in [0.15, 0.2) is 48.5 Å². The van der Waals surface area contributed by atoms with E-state index in [0.29, 0.717) is 23.8 Å². The van der Waals surface area contributed by atoms with E-state index in [0.717, 1.165) is 33.1 Å². The molecule has 2 aromatic carbocycles. The Morgan fingerprint density at radius 3 is 2.81 bits per heavy atom. The van der Waals surface area contributed by atoms with Gasteiger partial charge in [-0.05, 0) is 24.6 Å². The molecule has 0 radical (unpaired) electrons. The molecule has 0 atom stereocenters. The highest BCUT2D eigenvalue weighted by atomic mass is 35.5. The minimum Gasteiger partial charge on any atom is -0.319 e. The van der Waals surface area contributed by atoms with Crippen LogP contribution >= 0.6 is 22.9 Å². The molecule has 0 bridgehead atoms. The van der Waals surface area contributed by atoms with Gasteiger partial charge < -0.3 is 10.2 Å². The highest BCUT2D eigenvalue weighted by Crippen LogP contribution is 2.32. The quantitative estimate of drug-likeness (QED) is 0.647. The van der Waals surface area contributed by atoms with Crippen LogP contribution in [0.5, 0.6) is 0 Å². The molecule has 2 amide bonds. The van der Waals surface area contributed by atoms with Gasteiger partial charge in [-0.25, -0.2) is 9.78 Å². The zero-order chi connectivity index (χ0) is 18.1. The minimum atomic E-state index is -0.129. The summed E-state index contributed by atoms with van der Waals surface area (Å²) in [4.78, 5) is 20.4. The lowest BCUT2D eigenvalue weighted by molar-refractivity contribution is 0.207. The van der Waals surface area contributed by atoms with Gasteiger partial charge in [-0.3, -0.25) is 0 Å². The number of nitrogens with zero attached hydrogens (tertiary/aromatic N) is 2. The lowest BCUT2D eigenvalue weighted by Crippen LogP contribution is -2.38. The monoisotopic (exact) mass is 383 g/mol. The summed E-state index contributed by atoms with van der Waals surface area (Å²) in [6, 6.07) is 15.6. The van der Waals surface area contributed by atoms with Crippen LogP contribution in [0.1, 0.15) is 16.1 Å². The molecular formula is C20H18ClN3OS. The van der Waals surface area contributed by atoms with Crippen molar-refractivity contribution in [1.29, 1.82) is 0 Å². The molecule has 0 aliphatic carbocycles. The Balaban J connectivity index is 1.49. The molecule has 1 aromatic heterocycles. The van der Waals surface area contributed by atoms with E-state index in [9.17, 15) is 4.79 Å². The van der Waals surface area contributed by atoms with Crippen molar-refractivity contribution in [2.24, 2.45) is 0 Å². The molecule has 1 aliphatic heterocycles. The van der Waals surface area contributed by atoms with E-state index >= 15 is 0 Å². The molecular weight excluding hydrogens is 366 g/mol. The van der Waals surface area contributed by atoms with Gasteiger partial charge in [0.05, 0.1) is 22.9 Å². The van der Waals surface area contributed by atoms with E-state index in [4.69, 9.17) is 16.6 Å². The summed E-state index contributed by atoms with van der Waals surface area (Å²) in [5.74, 6) is 0. The van der Waals surface area contributed by atoms with Crippen LogP contribution in [0, 0.1) is 6.92 Å². The highest BCUT2D eigenvalue weighted by molar-refractivity contribution is 7.15. The van der Waals surface area contributed by atoms with Gasteiger partial charge in [-0.1, -0.05) is 48.0 Å². The fourth-order valence-electron chi connectivity index (χ4n) is 2.99. The second-order valence-electron chi connectivity index (χ2n) is 6.34. The van der Waals surface area contributed by atoms with E-state index < -0.39 is 0 Å². The number of amides is 2. The van der Waals surface area contributed by atoms with Crippen LogP contribution in [0.3, 0.4) is 0 Å². The summed E-state index contributed by atoms with van der Waals surface area (Å²) in [6.07, 6.45) is 0.772. The smallest absolute Gasteiger partial charge is 0.319 e. The number of halogens is 1. The lowest BCUT2D eigenvalue weighted by atomic mass is 10.2. The van der Waals surface area contributed by atoms with Gasteiger partial charge in [0.1, 0.15) is 5.01 Å². The van der Waals surface area contributed by atoms with Gasteiger partial charge in [0.25, 0.3) is 0 Å². The molecule has 2 heterocycles. The standard InChI is InChI=1S/C20H18ClN3OS/c1-13-7-8-16(15(21)11-13)23-20(25)24-10-9-17-18(12-24)26-19(22-17)14-5-3-2-4-6-14/h2-8,11H,9-10,12H2,1H3,(H,23,25). The van der Waals surface area contributed by atoms with Crippen LogP contribution in [0.2, 0.25) is 5.02 Å². The Kier molecular flexibility index (Phi) is 4.66. The number of hydrogen-bond donors (Lipinski definition) is 1. The average Bonchev–Trinajstić information content (AvgIpc) is 3.08. The first-order valence-corrected chi connectivity index (χ1v) is 9.65. The van der Waals surface area contributed by atoms with Crippen LogP contribution in [0.25, 0.3) is 10.6 Å². The molecule has 0 spiro atoms. The molecule has 4 rings (SSSR count). The number of benzene rings is 2. The zero-order valence-corrected chi connectivity index (χ0v) is 15.9. The molecule has 132 valence electrons. The first-order valence-electron chi connectivity index (χ1n) is 8.46. The minimum absolute atomic E-state index is 0.129. The lowest BCUT2D eigenvalue weighted by Gasteiger charge is -2.26. The number of thiazole rings is 1. The average molecular weight is 384 g/mol. The Hall–Kier alpha value is -2.37. The third kappa shape index (κ3) is 3.45. The summed E-state index contributed by atoms with van der Waals surface area (Å²) in [6.45, 7) is 3.20. The summed E-state index contributed by atoms with van der Waals surface area (Å²) in [5.41, 5.74) is 3.93. The zero-order valence-electron chi connectivity index (χ0n) is 14.3. The maximum absolute atomic E-state index is 12.6. The number of carbonyl (C=O) groups is 1. The van der Waals surface area contributed by atoms with Crippen LogP contribution in [0.4, 0.5) is 10.5 Å². The molecule has 0 saturated heterocycles. The molecule has 26 heavy (non-hydrogen) atoms. The Bertz CT molecular complexity index is 955. The van der Waals surface area contributed by atoms with Gasteiger partial charge in [0.15, 0.2) is 0 Å². The van der Waals surface area contributed by atoms with E-state index in [1.807, 2.05) is 48.2 Å². The van der Waals surface area contributed by atoms with E-state index in [2.05, 4.69) is 17.4 Å². The first-order chi connectivity index (χ1) is 12.6. The van der Waals surface area contributed by atoms with Crippen molar-refractivity contribution in [3.8, 4) is 10.6 Å². The van der Waals surface area contributed by atoms with Gasteiger partial charge in [-0.2, -0.15) is 0 Å². The second kappa shape index (κ2) is 7.09. The summed E-state index contributed by atoms with van der Waals surface area (Å²) >= 11 is 7.89. The van der Waals surface area contributed by atoms with Gasteiger partial charge in [-0.15, -0.1) is 11.3 Å². The number of fused-ring (bicyclic) bond motifs is 1. The van der Waals surface area contributed by atoms with Gasteiger partial charge >= 0.3 is 6.03 Å². The van der Waals surface area contributed by atoms with E-state index in [1.54, 1.807) is 11.3 Å². The number of carbonyl (C=O) groups excluding carboxylic acids is 1. The number of urea groups is 1. The van der Waals surface area contributed by atoms with Crippen molar-refractivity contribution in [2.45, 2.75) is 19.9 Å². The first kappa shape index (κ1) is 17.1. The largest absolute Gasteiger partial charge is 0.322 e. The predicted octanol–water partition coefficient (Wildman–Crippen LogP) is 5.36. The van der Waals surface area contributed by atoms with Crippen molar-refractivity contribution >= 4 is 34.7 Å². The maximum atomic E-state index is 12.6. The van der Waals surface area contributed by atoms with Crippen molar-refractivity contribution in [1.82, 2.24) is 9.88 Å². The summed E-state index contributed by atoms with van der Waals surface area (Å²) < 4.78 is 0. The summed E-state index contributed by atoms with van der Waals surface area (Å²) in [5, 5.41) is 4.48. The molecule has 0 saturated carbocycles. The number of hydrogen-bond acceptors (Lipinski definition) is 3. The van der Waals surface area contributed by atoms with Crippen molar-refractivity contribution in [3.63, 3.8) is 0 Å². The van der Waals surface area contributed by atoms with Crippen LogP contribution in [-0.2, 0) is 13.0 Å². The normalized spacial score (nSPS) is 13.4. The Morgan fingerprint density at radius 1 is 1.23 bits per heavy atom. The molecule has 0 unspecified atom stereocenters. The summed E-state index contributed by atoms with van der Waals surface area (Å²) in [7, 11) is 0. The third-order valence-corrected chi connectivity index (χ3v) is 5.85. The fraction of sp³-hybridized carbons (Fsp3) is 0.200. The highest BCUT2D eigenvalue weighted by Gasteiger charge is 2.24. The number of aryl methyl sites for hydroxylation is 1. The van der Waals surface area contributed by atoms with Crippen LogP contribution in [-0.4, -0.2) is 22.5 Å². The molecule has 1 N–H and O–H groups in total. The van der Waals surface area contributed by atoms with Gasteiger partial charge in [0, 0.05) is 23.4 Å². The fourth-order valence-corrected chi connectivity index (χ4v) is 4.40. The topological polar surface area (TPSA) is 45.2 Å². The molecule has 0 fully saturated rings. The maximum Gasteiger partial charge on any atom is 0.322 e. The number of aromatic nitrogens is 1. The van der Waals surface area contributed by atoms with E-state index in [1.165, 1.54) is 0 Å². The molecule has 6 heteroatoms. The van der Waals surface area contributed by atoms with Crippen LogP contribution < -0.4 is 5.32 Å². The SMILES string of the molecule is Cc1ccc(NC(=O)N2CCc3nc(-c4ccccc4)sc3C2)c(Cl)c1. The number of nitrogens with one attached hydrogen (secondary N) is 1. The molecule has 3 aromatic rings. The Morgan fingerprint density at radius 2 is 2.04 bits per heavy atom. The second-order valence-corrected chi connectivity index (χ2v) is 7.83. The predicted molar refractivity (Wildman–Crippen MR) is 107 cm³/mol. The van der Waals surface area contributed by atoms with E-state index in [-0.39, 0.29) is 6.03 Å². The van der Waals surface area contributed by atoms with Gasteiger partial charge in [0.2, 0.25) is 0 Å². The number of anilines is 1. The number of rotatable bonds is 2. The Labute approximate surface area is 161 Å². The van der Waals surface area contributed by atoms with Crippen molar-refractivity contribution in [3.05, 3.63) is 69.7 Å².